The molecule has 0 aromatic rings. The van der Waals surface area contributed by atoms with E-state index in [1.54, 1.807) is 0 Å². The highest BCUT2D eigenvalue weighted by Gasteiger charge is 2.32. The van der Waals surface area contributed by atoms with E-state index in [0.717, 1.165) is 70.6 Å². The van der Waals surface area contributed by atoms with Crippen molar-refractivity contribution in [2.24, 2.45) is 17.8 Å². The Balaban J connectivity index is 1.81. The molecule has 2 aliphatic heterocycles. The van der Waals surface area contributed by atoms with E-state index in [9.17, 15) is 9.59 Å². The Kier molecular flexibility index (Phi) is 6.27. The maximum absolute atomic E-state index is 12.6. The number of rotatable bonds is 4. The van der Waals surface area contributed by atoms with Crippen molar-refractivity contribution in [3.63, 3.8) is 0 Å². The van der Waals surface area contributed by atoms with E-state index < -0.39 is 0 Å². The molecule has 2 amide bonds. The van der Waals surface area contributed by atoms with E-state index in [2.05, 4.69) is 25.7 Å². The molecule has 126 valence electrons. The molecule has 0 bridgehead atoms. The standard InChI is InChI=1S/C18H32N2O2/c1-4-15(5-2)17(21)20-12-8-16(9-13-20)18(22)19-10-6-14(3)7-11-19/h14-16H,4-13H2,1-3H3. The highest BCUT2D eigenvalue weighted by Crippen LogP contribution is 2.25. The summed E-state index contributed by atoms with van der Waals surface area (Å²) in [5, 5.41) is 0. The SMILES string of the molecule is CCC(CC)C(=O)N1CCC(C(=O)N2CCC(C)CC2)CC1. The van der Waals surface area contributed by atoms with Crippen molar-refractivity contribution in [3.05, 3.63) is 0 Å². The number of hydrogen-bond donors (Lipinski definition) is 0. The maximum atomic E-state index is 12.6. The van der Waals surface area contributed by atoms with Crippen LogP contribution in [0.1, 0.15) is 59.3 Å². The van der Waals surface area contributed by atoms with Crippen molar-refractivity contribution in [2.45, 2.75) is 59.3 Å². The lowest BCUT2D eigenvalue weighted by Gasteiger charge is -2.37. The molecule has 22 heavy (non-hydrogen) atoms. The summed E-state index contributed by atoms with van der Waals surface area (Å²) >= 11 is 0. The van der Waals surface area contributed by atoms with Crippen LogP contribution >= 0.6 is 0 Å². The summed E-state index contributed by atoms with van der Waals surface area (Å²) in [4.78, 5) is 29.1. The van der Waals surface area contributed by atoms with Crippen molar-refractivity contribution in [2.75, 3.05) is 26.2 Å². The molecule has 0 atom stereocenters. The lowest BCUT2D eigenvalue weighted by atomic mass is 9.91. The lowest BCUT2D eigenvalue weighted by molar-refractivity contribution is -0.143. The monoisotopic (exact) mass is 308 g/mol. The molecular formula is C18H32N2O2. The van der Waals surface area contributed by atoms with Crippen LogP contribution in [0.2, 0.25) is 0 Å². The van der Waals surface area contributed by atoms with E-state index in [1.165, 1.54) is 0 Å². The quantitative estimate of drug-likeness (QED) is 0.801. The van der Waals surface area contributed by atoms with E-state index in [4.69, 9.17) is 0 Å². The van der Waals surface area contributed by atoms with Crippen LogP contribution in [0.15, 0.2) is 0 Å². The second-order valence-corrected chi connectivity index (χ2v) is 7.12. The fraction of sp³-hybridized carbons (Fsp3) is 0.889. The predicted molar refractivity (Wildman–Crippen MR) is 88.4 cm³/mol. The number of hydrogen-bond acceptors (Lipinski definition) is 2. The molecule has 4 heteroatoms. The molecule has 2 fully saturated rings. The van der Waals surface area contributed by atoms with Gasteiger partial charge in [0, 0.05) is 38.0 Å². The fourth-order valence-electron chi connectivity index (χ4n) is 3.73. The van der Waals surface area contributed by atoms with Gasteiger partial charge in [0.2, 0.25) is 11.8 Å². The maximum Gasteiger partial charge on any atom is 0.225 e. The van der Waals surface area contributed by atoms with Gasteiger partial charge in [0.25, 0.3) is 0 Å². The molecule has 4 nitrogen and oxygen atoms in total. The predicted octanol–water partition coefficient (Wildman–Crippen LogP) is 2.92. The number of carbonyl (C=O) groups excluding carboxylic acids is 2. The minimum Gasteiger partial charge on any atom is -0.342 e. The highest BCUT2D eigenvalue weighted by atomic mass is 16.2. The van der Waals surface area contributed by atoms with Gasteiger partial charge >= 0.3 is 0 Å². The molecule has 0 radical (unpaired) electrons. The summed E-state index contributed by atoms with van der Waals surface area (Å²) in [5.74, 6) is 1.68. The number of likely N-dealkylation sites (tertiary alicyclic amines) is 2. The van der Waals surface area contributed by atoms with E-state index >= 15 is 0 Å². The van der Waals surface area contributed by atoms with Crippen molar-refractivity contribution in [1.29, 1.82) is 0 Å². The normalized spacial score (nSPS) is 21.5. The van der Waals surface area contributed by atoms with Gasteiger partial charge in [-0.05, 0) is 44.4 Å². The Morgan fingerprint density at radius 2 is 1.41 bits per heavy atom. The van der Waals surface area contributed by atoms with Crippen LogP contribution in [0.4, 0.5) is 0 Å². The first-order valence-electron chi connectivity index (χ1n) is 9.14. The molecule has 0 aliphatic carbocycles. The third-order valence-electron chi connectivity index (χ3n) is 5.59. The van der Waals surface area contributed by atoms with Crippen LogP contribution < -0.4 is 0 Å². The molecule has 2 heterocycles. The van der Waals surface area contributed by atoms with Gasteiger partial charge in [-0.3, -0.25) is 9.59 Å². The first-order valence-corrected chi connectivity index (χ1v) is 9.14. The molecular weight excluding hydrogens is 276 g/mol. The van der Waals surface area contributed by atoms with Crippen molar-refractivity contribution in [3.8, 4) is 0 Å². The van der Waals surface area contributed by atoms with Gasteiger partial charge < -0.3 is 9.80 Å². The smallest absolute Gasteiger partial charge is 0.225 e. The first-order chi connectivity index (χ1) is 10.6. The van der Waals surface area contributed by atoms with Crippen LogP contribution in [0.5, 0.6) is 0 Å². The van der Waals surface area contributed by atoms with Gasteiger partial charge in [-0.1, -0.05) is 20.8 Å². The van der Waals surface area contributed by atoms with Gasteiger partial charge in [-0.15, -0.1) is 0 Å². The van der Waals surface area contributed by atoms with Crippen LogP contribution in [-0.2, 0) is 9.59 Å². The van der Waals surface area contributed by atoms with Gasteiger partial charge in [-0.25, -0.2) is 0 Å². The summed E-state index contributed by atoms with van der Waals surface area (Å²) in [6.07, 6.45) is 5.80. The van der Waals surface area contributed by atoms with E-state index in [1.807, 2.05) is 4.90 Å². The zero-order valence-corrected chi connectivity index (χ0v) is 14.5. The Morgan fingerprint density at radius 3 is 1.91 bits per heavy atom. The van der Waals surface area contributed by atoms with Crippen molar-refractivity contribution < 1.29 is 9.59 Å². The summed E-state index contributed by atoms with van der Waals surface area (Å²) in [5.41, 5.74) is 0. The molecule has 2 rings (SSSR count). The lowest BCUT2D eigenvalue weighted by Crippen LogP contribution is -2.47. The molecule has 0 unspecified atom stereocenters. The zero-order chi connectivity index (χ0) is 16.1. The number of carbonyl (C=O) groups is 2. The third-order valence-corrected chi connectivity index (χ3v) is 5.59. The Labute approximate surface area is 135 Å². The zero-order valence-electron chi connectivity index (χ0n) is 14.5. The molecule has 2 aliphatic rings. The van der Waals surface area contributed by atoms with Gasteiger partial charge in [0.05, 0.1) is 0 Å². The molecule has 2 saturated heterocycles. The summed E-state index contributed by atoms with van der Waals surface area (Å²) in [7, 11) is 0. The van der Waals surface area contributed by atoms with Crippen LogP contribution in [0.3, 0.4) is 0 Å². The van der Waals surface area contributed by atoms with Gasteiger partial charge in [-0.2, -0.15) is 0 Å². The average molecular weight is 308 g/mol. The van der Waals surface area contributed by atoms with Crippen molar-refractivity contribution >= 4 is 11.8 Å². The van der Waals surface area contributed by atoms with Crippen LogP contribution in [0, 0.1) is 17.8 Å². The largest absolute Gasteiger partial charge is 0.342 e. The van der Waals surface area contributed by atoms with Gasteiger partial charge in [0.15, 0.2) is 0 Å². The third kappa shape index (κ3) is 4.02. The number of nitrogens with zero attached hydrogens (tertiary/aromatic N) is 2. The second-order valence-electron chi connectivity index (χ2n) is 7.12. The van der Waals surface area contributed by atoms with Crippen molar-refractivity contribution in [1.82, 2.24) is 9.80 Å². The number of amides is 2. The van der Waals surface area contributed by atoms with Gasteiger partial charge in [0.1, 0.15) is 0 Å². The number of piperidine rings is 2. The Bertz CT molecular complexity index is 377. The molecule has 0 aromatic carbocycles. The molecule has 0 N–H and O–H groups in total. The van der Waals surface area contributed by atoms with Crippen LogP contribution in [0.25, 0.3) is 0 Å². The summed E-state index contributed by atoms with van der Waals surface area (Å²) in [6.45, 7) is 9.80. The average Bonchev–Trinajstić information content (AvgIpc) is 2.56. The fourth-order valence-corrected chi connectivity index (χ4v) is 3.73. The second kappa shape index (κ2) is 7.98. The van der Waals surface area contributed by atoms with Crippen LogP contribution in [-0.4, -0.2) is 47.8 Å². The molecule has 0 saturated carbocycles. The Morgan fingerprint density at radius 1 is 0.909 bits per heavy atom. The van der Waals surface area contributed by atoms with E-state index in [-0.39, 0.29) is 11.8 Å². The molecule has 0 aromatic heterocycles. The first kappa shape index (κ1) is 17.3. The topological polar surface area (TPSA) is 40.6 Å². The Hall–Kier alpha value is -1.06. The summed E-state index contributed by atoms with van der Waals surface area (Å²) < 4.78 is 0. The van der Waals surface area contributed by atoms with E-state index in [0.29, 0.717) is 11.8 Å². The molecule has 0 spiro atoms. The minimum atomic E-state index is 0.138. The minimum absolute atomic E-state index is 0.138. The summed E-state index contributed by atoms with van der Waals surface area (Å²) in [6, 6.07) is 0. The highest BCUT2D eigenvalue weighted by molar-refractivity contribution is 5.81.